The van der Waals surface area contributed by atoms with Gasteiger partial charge in [-0.2, -0.15) is 0 Å². The van der Waals surface area contributed by atoms with Gasteiger partial charge in [-0.1, -0.05) is 6.07 Å². The zero-order chi connectivity index (χ0) is 11.0. The lowest BCUT2D eigenvalue weighted by Crippen LogP contribution is -2.12. The van der Waals surface area contributed by atoms with E-state index in [9.17, 15) is 0 Å². The number of benzene rings is 1. The molecule has 0 amide bonds. The van der Waals surface area contributed by atoms with E-state index in [1.54, 1.807) is 0 Å². The second-order valence-corrected chi connectivity index (χ2v) is 4.61. The average molecular weight is 212 g/mol. The Bertz CT molecular complexity index is 513. The van der Waals surface area contributed by atoms with Crippen LogP contribution in [0.2, 0.25) is 0 Å². The maximum Gasteiger partial charge on any atom is 0.0702 e. The molecule has 0 radical (unpaired) electrons. The molecule has 1 atom stereocenters. The summed E-state index contributed by atoms with van der Waals surface area (Å²) in [6.07, 6.45) is 4.47. The molecule has 82 valence electrons. The van der Waals surface area contributed by atoms with Gasteiger partial charge in [0.25, 0.3) is 0 Å². The molecule has 1 fully saturated rings. The van der Waals surface area contributed by atoms with Crippen LogP contribution < -0.4 is 5.32 Å². The molecule has 1 N–H and O–H groups in total. The van der Waals surface area contributed by atoms with Gasteiger partial charge in [0.2, 0.25) is 0 Å². The number of rotatable bonds is 1. The Morgan fingerprint density at radius 3 is 3.06 bits per heavy atom. The van der Waals surface area contributed by atoms with Crippen molar-refractivity contribution in [1.29, 1.82) is 0 Å². The number of fused-ring (bicyclic) bond motifs is 1. The van der Waals surface area contributed by atoms with Crippen molar-refractivity contribution in [3.8, 4) is 0 Å². The third kappa shape index (κ3) is 1.69. The van der Waals surface area contributed by atoms with Gasteiger partial charge in [0.15, 0.2) is 0 Å². The minimum absolute atomic E-state index is 0.546. The third-order valence-corrected chi connectivity index (χ3v) is 3.30. The van der Waals surface area contributed by atoms with Crippen LogP contribution in [0.25, 0.3) is 10.9 Å². The molecule has 1 unspecified atom stereocenters. The van der Waals surface area contributed by atoms with Crippen molar-refractivity contribution in [2.45, 2.75) is 25.8 Å². The van der Waals surface area contributed by atoms with E-state index in [0.717, 1.165) is 12.1 Å². The van der Waals surface area contributed by atoms with E-state index in [1.807, 2.05) is 6.20 Å². The summed E-state index contributed by atoms with van der Waals surface area (Å²) < 4.78 is 0. The van der Waals surface area contributed by atoms with Crippen molar-refractivity contribution < 1.29 is 0 Å². The number of aryl methyl sites for hydroxylation is 1. The quantitative estimate of drug-likeness (QED) is 0.786. The molecule has 2 heterocycles. The van der Waals surface area contributed by atoms with E-state index in [-0.39, 0.29) is 0 Å². The van der Waals surface area contributed by atoms with Gasteiger partial charge >= 0.3 is 0 Å². The average Bonchev–Trinajstić information content (AvgIpc) is 2.81. The van der Waals surface area contributed by atoms with Crippen LogP contribution in [-0.2, 0) is 0 Å². The van der Waals surface area contributed by atoms with Gasteiger partial charge in [-0.3, -0.25) is 4.98 Å². The van der Waals surface area contributed by atoms with Crippen molar-refractivity contribution in [2.75, 3.05) is 6.54 Å². The predicted molar refractivity (Wildman–Crippen MR) is 66.5 cm³/mol. The second-order valence-electron chi connectivity index (χ2n) is 4.61. The number of nitrogens with zero attached hydrogens (tertiary/aromatic N) is 1. The van der Waals surface area contributed by atoms with Crippen LogP contribution in [0.3, 0.4) is 0 Å². The molecule has 2 heteroatoms. The summed E-state index contributed by atoms with van der Waals surface area (Å²) in [5.41, 5.74) is 3.72. The molecule has 3 rings (SSSR count). The maximum atomic E-state index is 4.43. The van der Waals surface area contributed by atoms with E-state index >= 15 is 0 Å². The first-order valence-corrected chi connectivity index (χ1v) is 5.93. The molecular weight excluding hydrogens is 196 g/mol. The summed E-state index contributed by atoms with van der Waals surface area (Å²) in [6.45, 7) is 3.24. The first kappa shape index (κ1) is 9.79. The number of pyridine rings is 1. The minimum atomic E-state index is 0.546. The topological polar surface area (TPSA) is 24.9 Å². The Morgan fingerprint density at radius 2 is 2.25 bits per heavy atom. The number of hydrogen-bond acceptors (Lipinski definition) is 2. The number of nitrogens with one attached hydrogen (secondary N) is 1. The van der Waals surface area contributed by atoms with E-state index in [1.165, 1.54) is 29.4 Å². The molecule has 1 saturated heterocycles. The van der Waals surface area contributed by atoms with Crippen molar-refractivity contribution in [3.63, 3.8) is 0 Å². The zero-order valence-corrected chi connectivity index (χ0v) is 9.53. The summed E-state index contributed by atoms with van der Waals surface area (Å²) in [5.74, 6) is 0. The second kappa shape index (κ2) is 3.87. The molecule has 1 aliphatic rings. The first-order chi connectivity index (χ1) is 7.83. The highest BCUT2D eigenvalue weighted by atomic mass is 14.9. The highest BCUT2D eigenvalue weighted by Gasteiger charge is 2.16. The van der Waals surface area contributed by atoms with E-state index in [2.05, 4.69) is 41.5 Å². The first-order valence-electron chi connectivity index (χ1n) is 5.93. The molecule has 0 saturated carbocycles. The van der Waals surface area contributed by atoms with Crippen LogP contribution in [0.15, 0.2) is 30.5 Å². The Labute approximate surface area is 95.7 Å². The molecule has 1 aromatic heterocycles. The Balaban J connectivity index is 2.07. The van der Waals surface area contributed by atoms with Gasteiger partial charge < -0.3 is 5.32 Å². The number of hydrogen-bond donors (Lipinski definition) is 1. The van der Waals surface area contributed by atoms with Gasteiger partial charge in [-0.15, -0.1) is 0 Å². The van der Waals surface area contributed by atoms with Gasteiger partial charge in [-0.25, -0.2) is 0 Å². The standard InChI is InChI=1S/C14H16N2/c1-10-7-12-8-11(13-3-2-6-15-13)4-5-14(12)16-9-10/h4-5,7-9,13,15H,2-3,6H2,1H3. The lowest BCUT2D eigenvalue weighted by atomic mass is 10.0. The highest BCUT2D eigenvalue weighted by Crippen LogP contribution is 2.25. The lowest BCUT2D eigenvalue weighted by molar-refractivity contribution is 0.648. The SMILES string of the molecule is Cc1cnc2ccc(C3CCCN3)cc2c1. The maximum absolute atomic E-state index is 4.43. The van der Waals surface area contributed by atoms with E-state index in [0.29, 0.717) is 6.04 Å². The summed E-state index contributed by atoms with van der Waals surface area (Å²) in [7, 11) is 0. The van der Waals surface area contributed by atoms with E-state index in [4.69, 9.17) is 0 Å². The normalized spacial score (nSPS) is 20.4. The van der Waals surface area contributed by atoms with Crippen LogP contribution in [0.5, 0.6) is 0 Å². The lowest BCUT2D eigenvalue weighted by Gasteiger charge is -2.11. The van der Waals surface area contributed by atoms with Crippen LogP contribution in [-0.4, -0.2) is 11.5 Å². The fraction of sp³-hybridized carbons (Fsp3) is 0.357. The van der Waals surface area contributed by atoms with Gasteiger partial charge in [0, 0.05) is 17.6 Å². The minimum Gasteiger partial charge on any atom is -0.310 e. The highest BCUT2D eigenvalue weighted by molar-refractivity contribution is 5.79. The van der Waals surface area contributed by atoms with E-state index < -0.39 is 0 Å². The van der Waals surface area contributed by atoms with Crippen LogP contribution in [0.4, 0.5) is 0 Å². The number of aromatic nitrogens is 1. The van der Waals surface area contributed by atoms with Gasteiger partial charge in [0.1, 0.15) is 0 Å². The third-order valence-electron chi connectivity index (χ3n) is 3.30. The predicted octanol–water partition coefficient (Wildman–Crippen LogP) is 2.97. The van der Waals surface area contributed by atoms with Crippen molar-refractivity contribution in [1.82, 2.24) is 10.3 Å². The zero-order valence-electron chi connectivity index (χ0n) is 9.53. The summed E-state index contributed by atoms with van der Waals surface area (Å²) in [6, 6.07) is 9.36. The van der Waals surface area contributed by atoms with Crippen LogP contribution in [0.1, 0.15) is 30.0 Å². The smallest absolute Gasteiger partial charge is 0.0702 e. The van der Waals surface area contributed by atoms with Crippen molar-refractivity contribution in [3.05, 3.63) is 41.6 Å². The monoisotopic (exact) mass is 212 g/mol. The molecule has 2 aromatic rings. The van der Waals surface area contributed by atoms with Crippen molar-refractivity contribution >= 4 is 10.9 Å². The summed E-state index contributed by atoms with van der Waals surface area (Å²) in [4.78, 5) is 4.43. The summed E-state index contributed by atoms with van der Waals surface area (Å²) >= 11 is 0. The Kier molecular flexibility index (Phi) is 2.37. The fourth-order valence-corrected chi connectivity index (χ4v) is 2.45. The van der Waals surface area contributed by atoms with Crippen LogP contribution >= 0.6 is 0 Å². The molecule has 2 nitrogen and oxygen atoms in total. The summed E-state index contributed by atoms with van der Waals surface area (Å²) in [5, 5.41) is 4.79. The molecule has 16 heavy (non-hydrogen) atoms. The van der Waals surface area contributed by atoms with Crippen LogP contribution in [0, 0.1) is 6.92 Å². The molecule has 0 spiro atoms. The molecule has 0 bridgehead atoms. The molecule has 1 aromatic carbocycles. The van der Waals surface area contributed by atoms with Gasteiger partial charge in [-0.05, 0) is 55.6 Å². The molecule has 0 aliphatic carbocycles. The fourth-order valence-electron chi connectivity index (χ4n) is 2.45. The van der Waals surface area contributed by atoms with Gasteiger partial charge in [0.05, 0.1) is 5.52 Å². The Hall–Kier alpha value is -1.41. The Morgan fingerprint density at radius 1 is 1.31 bits per heavy atom. The van der Waals surface area contributed by atoms with Crippen molar-refractivity contribution in [2.24, 2.45) is 0 Å². The molecular formula is C14H16N2. The molecule has 1 aliphatic heterocycles. The largest absolute Gasteiger partial charge is 0.310 e.